The topological polar surface area (TPSA) is 90.7 Å². The molecular formula is C20H24N2O4. The lowest BCUT2D eigenvalue weighted by Crippen LogP contribution is -2.22. The molecule has 0 unspecified atom stereocenters. The number of nitrogens with two attached hydrogens (primary N) is 1. The SMILES string of the molecule is COc1ccc(C(N)=O)c(OCC(=O)Nc2ccc(C(C)(C)C)cc2)c1. The summed E-state index contributed by atoms with van der Waals surface area (Å²) in [6, 6.07) is 12.3. The highest BCUT2D eigenvalue weighted by atomic mass is 16.5. The molecule has 0 bridgehead atoms. The molecule has 6 heteroatoms. The van der Waals surface area contributed by atoms with Crippen molar-refractivity contribution in [1.29, 1.82) is 0 Å². The van der Waals surface area contributed by atoms with E-state index in [2.05, 4.69) is 26.1 Å². The van der Waals surface area contributed by atoms with Crippen LogP contribution in [-0.2, 0) is 10.2 Å². The van der Waals surface area contributed by atoms with Crippen LogP contribution in [0.5, 0.6) is 11.5 Å². The highest BCUT2D eigenvalue weighted by Crippen LogP contribution is 2.25. The highest BCUT2D eigenvalue weighted by molar-refractivity contribution is 5.96. The molecule has 0 radical (unpaired) electrons. The maximum absolute atomic E-state index is 12.1. The van der Waals surface area contributed by atoms with Crippen molar-refractivity contribution < 1.29 is 19.1 Å². The normalized spacial score (nSPS) is 10.9. The lowest BCUT2D eigenvalue weighted by atomic mass is 9.87. The number of benzene rings is 2. The Hall–Kier alpha value is -3.02. The molecule has 0 aliphatic carbocycles. The number of amides is 2. The number of hydrogen-bond donors (Lipinski definition) is 2. The molecule has 26 heavy (non-hydrogen) atoms. The third-order valence-corrected chi connectivity index (χ3v) is 3.85. The third kappa shape index (κ3) is 4.99. The van der Waals surface area contributed by atoms with Crippen LogP contribution >= 0.6 is 0 Å². The van der Waals surface area contributed by atoms with Gasteiger partial charge in [0.15, 0.2) is 6.61 Å². The number of methoxy groups -OCH3 is 1. The van der Waals surface area contributed by atoms with E-state index in [1.165, 1.54) is 24.8 Å². The Labute approximate surface area is 153 Å². The zero-order valence-electron chi connectivity index (χ0n) is 15.5. The standard InChI is InChI=1S/C20H24N2O4/c1-20(2,3)13-5-7-14(8-6-13)22-18(23)12-26-17-11-15(25-4)9-10-16(17)19(21)24/h5-11H,12H2,1-4H3,(H2,21,24)(H,22,23). The molecule has 2 aromatic rings. The van der Waals surface area contributed by atoms with Crippen LogP contribution in [0, 0.1) is 0 Å². The molecule has 138 valence electrons. The highest BCUT2D eigenvalue weighted by Gasteiger charge is 2.14. The van der Waals surface area contributed by atoms with Crippen LogP contribution in [0.3, 0.4) is 0 Å². The molecule has 2 aromatic carbocycles. The summed E-state index contributed by atoms with van der Waals surface area (Å²) in [6.45, 7) is 6.12. The second kappa shape index (κ2) is 7.91. The molecule has 2 amide bonds. The largest absolute Gasteiger partial charge is 0.497 e. The van der Waals surface area contributed by atoms with E-state index in [4.69, 9.17) is 15.2 Å². The smallest absolute Gasteiger partial charge is 0.262 e. The summed E-state index contributed by atoms with van der Waals surface area (Å²) in [5.41, 5.74) is 7.41. The first-order chi connectivity index (χ1) is 12.2. The van der Waals surface area contributed by atoms with Gasteiger partial charge in [0.25, 0.3) is 11.8 Å². The van der Waals surface area contributed by atoms with Crippen molar-refractivity contribution in [3.8, 4) is 11.5 Å². The van der Waals surface area contributed by atoms with Crippen LogP contribution in [0.1, 0.15) is 36.7 Å². The van der Waals surface area contributed by atoms with E-state index in [1.807, 2.05) is 24.3 Å². The second-order valence-electron chi connectivity index (χ2n) is 6.89. The van der Waals surface area contributed by atoms with Gasteiger partial charge in [-0.25, -0.2) is 0 Å². The van der Waals surface area contributed by atoms with Crippen molar-refractivity contribution in [3.05, 3.63) is 53.6 Å². The Balaban J connectivity index is 2.02. The van der Waals surface area contributed by atoms with Crippen LogP contribution in [0.15, 0.2) is 42.5 Å². The first-order valence-corrected chi connectivity index (χ1v) is 8.22. The Morgan fingerprint density at radius 2 is 1.73 bits per heavy atom. The predicted molar refractivity (Wildman–Crippen MR) is 101 cm³/mol. The van der Waals surface area contributed by atoms with Crippen LogP contribution < -0.4 is 20.5 Å². The summed E-state index contributed by atoms with van der Waals surface area (Å²) >= 11 is 0. The van der Waals surface area contributed by atoms with Crippen LogP contribution in [-0.4, -0.2) is 25.5 Å². The fourth-order valence-corrected chi connectivity index (χ4v) is 2.35. The zero-order valence-corrected chi connectivity index (χ0v) is 15.5. The molecule has 0 heterocycles. The zero-order chi connectivity index (χ0) is 19.3. The fraction of sp³-hybridized carbons (Fsp3) is 0.300. The Bertz CT molecular complexity index is 792. The van der Waals surface area contributed by atoms with Crippen molar-refractivity contribution in [1.82, 2.24) is 0 Å². The van der Waals surface area contributed by atoms with Gasteiger partial charge in [-0.3, -0.25) is 9.59 Å². The number of carbonyl (C=O) groups is 2. The number of carbonyl (C=O) groups excluding carboxylic acids is 2. The molecule has 2 rings (SSSR count). The van der Waals surface area contributed by atoms with E-state index in [1.54, 1.807) is 6.07 Å². The van der Waals surface area contributed by atoms with E-state index >= 15 is 0 Å². The van der Waals surface area contributed by atoms with Gasteiger partial charge >= 0.3 is 0 Å². The van der Waals surface area contributed by atoms with E-state index in [-0.39, 0.29) is 29.2 Å². The third-order valence-electron chi connectivity index (χ3n) is 3.85. The number of primary amides is 1. The molecule has 0 atom stereocenters. The second-order valence-corrected chi connectivity index (χ2v) is 6.89. The summed E-state index contributed by atoms with van der Waals surface area (Å²) in [7, 11) is 1.50. The maximum atomic E-state index is 12.1. The first-order valence-electron chi connectivity index (χ1n) is 8.22. The van der Waals surface area contributed by atoms with Crippen LogP contribution in [0.25, 0.3) is 0 Å². The number of rotatable bonds is 6. The summed E-state index contributed by atoms with van der Waals surface area (Å²) in [6.07, 6.45) is 0. The molecule has 0 aromatic heterocycles. The van der Waals surface area contributed by atoms with Crippen LogP contribution in [0.4, 0.5) is 5.69 Å². The van der Waals surface area contributed by atoms with Crippen molar-refractivity contribution >= 4 is 17.5 Å². The lowest BCUT2D eigenvalue weighted by Gasteiger charge is -2.19. The molecular weight excluding hydrogens is 332 g/mol. The van der Waals surface area contributed by atoms with Gasteiger partial charge in [-0.15, -0.1) is 0 Å². The summed E-state index contributed by atoms with van der Waals surface area (Å²) in [4.78, 5) is 23.6. The van der Waals surface area contributed by atoms with E-state index in [0.29, 0.717) is 11.4 Å². The quantitative estimate of drug-likeness (QED) is 0.832. The van der Waals surface area contributed by atoms with Gasteiger partial charge in [0.1, 0.15) is 11.5 Å². The molecule has 3 N–H and O–H groups in total. The molecule has 6 nitrogen and oxygen atoms in total. The molecule has 0 spiro atoms. The van der Waals surface area contributed by atoms with E-state index in [0.717, 1.165) is 0 Å². The number of anilines is 1. The molecule has 0 fully saturated rings. The van der Waals surface area contributed by atoms with E-state index < -0.39 is 5.91 Å². The number of hydrogen-bond acceptors (Lipinski definition) is 4. The van der Waals surface area contributed by atoms with Gasteiger partial charge in [-0.2, -0.15) is 0 Å². The Morgan fingerprint density at radius 3 is 2.27 bits per heavy atom. The first kappa shape index (κ1) is 19.3. The van der Waals surface area contributed by atoms with Gasteiger partial charge in [-0.1, -0.05) is 32.9 Å². The molecule has 0 aliphatic heterocycles. The van der Waals surface area contributed by atoms with Crippen LogP contribution in [0.2, 0.25) is 0 Å². The summed E-state index contributed by atoms with van der Waals surface area (Å²) < 4.78 is 10.6. The van der Waals surface area contributed by atoms with Crippen molar-refractivity contribution in [2.75, 3.05) is 19.0 Å². The van der Waals surface area contributed by atoms with Gasteiger partial charge in [-0.05, 0) is 35.2 Å². The fourth-order valence-electron chi connectivity index (χ4n) is 2.35. The minimum Gasteiger partial charge on any atom is -0.497 e. The summed E-state index contributed by atoms with van der Waals surface area (Å²) in [5.74, 6) is -0.272. The molecule has 0 saturated carbocycles. The Kier molecular flexibility index (Phi) is 5.87. The van der Waals surface area contributed by atoms with Gasteiger partial charge in [0, 0.05) is 11.8 Å². The van der Waals surface area contributed by atoms with Crippen molar-refractivity contribution in [2.24, 2.45) is 5.73 Å². The number of ether oxygens (including phenoxy) is 2. The monoisotopic (exact) mass is 356 g/mol. The lowest BCUT2D eigenvalue weighted by molar-refractivity contribution is -0.118. The minimum absolute atomic E-state index is 0.0448. The van der Waals surface area contributed by atoms with E-state index in [9.17, 15) is 9.59 Å². The summed E-state index contributed by atoms with van der Waals surface area (Å²) in [5, 5.41) is 2.76. The predicted octanol–water partition coefficient (Wildman–Crippen LogP) is 3.11. The molecule has 0 saturated heterocycles. The van der Waals surface area contributed by atoms with Gasteiger partial charge in [0.05, 0.1) is 12.7 Å². The van der Waals surface area contributed by atoms with Gasteiger partial charge in [0.2, 0.25) is 0 Å². The maximum Gasteiger partial charge on any atom is 0.262 e. The van der Waals surface area contributed by atoms with Gasteiger partial charge < -0.3 is 20.5 Å². The average molecular weight is 356 g/mol. The van der Waals surface area contributed by atoms with Crippen molar-refractivity contribution in [3.63, 3.8) is 0 Å². The molecule has 0 aliphatic rings. The minimum atomic E-state index is -0.638. The Morgan fingerprint density at radius 1 is 1.08 bits per heavy atom. The number of nitrogens with one attached hydrogen (secondary N) is 1. The average Bonchev–Trinajstić information content (AvgIpc) is 2.59. The van der Waals surface area contributed by atoms with Crippen molar-refractivity contribution in [2.45, 2.75) is 26.2 Å².